The molecule has 1 amide bonds. The van der Waals surface area contributed by atoms with E-state index < -0.39 is 9.84 Å². The molecular formula is C19H24N4O3S. The Labute approximate surface area is 159 Å². The van der Waals surface area contributed by atoms with Crippen LogP contribution in [0, 0.1) is 13.8 Å². The van der Waals surface area contributed by atoms with Gasteiger partial charge in [0.15, 0.2) is 9.84 Å². The Balaban J connectivity index is 1.74. The van der Waals surface area contributed by atoms with Crippen LogP contribution < -0.4 is 5.32 Å². The van der Waals surface area contributed by atoms with E-state index in [9.17, 15) is 13.2 Å². The average molecular weight is 388 g/mol. The number of hydrogen-bond acceptors (Lipinski definition) is 6. The molecule has 1 aliphatic rings. The van der Waals surface area contributed by atoms with Gasteiger partial charge in [0.1, 0.15) is 0 Å². The number of nitrogens with one attached hydrogen (secondary N) is 1. The van der Waals surface area contributed by atoms with Crippen LogP contribution >= 0.6 is 0 Å². The molecule has 1 aromatic carbocycles. The standard InChI is InChI=1S/C19H24N4O3S/c1-4-23(16-8-9-27(25,26)12-16)18(24)15-10-20-19(21-11-15)22-17-7-5-6-13(2)14(17)3/h5-7,10-11,16H,4,8-9,12H2,1-3H3,(H,20,21,22). The van der Waals surface area contributed by atoms with Crippen LogP contribution in [-0.2, 0) is 9.84 Å². The number of aryl methyl sites for hydroxylation is 1. The van der Waals surface area contributed by atoms with E-state index in [1.807, 2.05) is 39.0 Å². The second-order valence-electron chi connectivity index (χ2n) is 6.82. The molecule has 27 heavy (non-hydrogen) atoms. The summed E-state index contributed by atoms with van der Waals surface area (Å²) in [6.07, 6.45) is 3.44. The highest BCUT2D eigenvalue weighted by Crippen LogP contribution is 2.22. The van der Waals surface area contributed by atoms with Crippen molar-refractivity contribution < 1.29 is 13.2 Å². The third-order valence-corrected chi connectivity index (χ3v) is 6.75. The summed E-state index contributed by atoms with van der Waals surface area (Å²) in [6, 6.07) is 5.66. The molecule has 2 aromatic rings. The summed E-state index contributed by atoms with van der Waals surface area (Å²) >= 11 is 0. The molecule has 0 bridgehead atoms. The van der Waals surface area contributed by atoms with Crippen molar-refractivity contribution in [2.45, 2.75) is 33.2 Å². The van der Waals surface area contributed by atoms with Crippen LogP contribution in [0.5, 0.6) is 0 Å². The Kier molecular flexibility index (Phi) is 5.46. The first-order chi connectivity index (χ1) is 12.8. The van der Waals surface area contributed by atoms with E-state index in [1.165, 1.54) is 12.4 Å². The fraction of sp³-hybridized carbons (Fsp3) is 0.421. The third-order valence-electron chi connectivity index (χ3n) is 5.00. The Morgan fingerprint density at radius 2 is 1.96 bits per heavy atom. The molecule has 144 valence electrons. The van der Waals surface area contributed by atoms with E-state index in [2.05, 4.69) is 15.3 Å². The van der Waals surface area contributed by atoms with Gasteiger partial charge in [-0.05, 0) is 44.4 Å². The van der Waals surface area contributed by atoms with Gasteiger partial charge in [-0.2, -0.15) is 0 Å². The van der Waals surface area contributed by atoms with E-state index in [4.69, 9.17) is 0 Å². The van der Waals surface area contributed by atoms with Crippen molar-refractivity contribution in [2.24, 2.45) is 0 Å². The summed E-state index contributed by atoms with van der Waals surface area (Å²) in [5, 5.41) is 3.16. The van der Waals surface area contributed by atoms with Gasteiger partial charge in [0.05, 0.1) is 17.1 Å². The zero-order valence-electron chi connectivity index (χ0n) is 15.8. The number of rotatable bonds is 5. The van der Waals surface area contributed by atoms with Gasteiger partial charge in [0.25, 0.3) is 5.91 Å². The topological polar surface area (TPSA) is 92.3 Å². The van der Waals surface area contributed by atoms with Crippen molar-refractivity contribution in [3.8, 4) is 0 Å². The minimum Gasteiger partial charge on any atom is -0.335 e. The summed E-state index contributed by atoms with van der Waals surface area (Å²) < 4.78 is 23.4. The van der Waals surface area contributed by atoms with Gasteiger partial charge in [-0.25, -0.2) is 18.4 Å². The molecule has 1 saturated heterocycles. The molecule has 0 aliphatic carbocycles. The zero-order chi connectivity index (χ0) is 19.6. The Morgan fingerprint density at radius 1 is 1.26 bits per heavy atom. The Bertz CT molecular complexity index is 942. The monoisotopic (exact) mass is 388 g/mol. The third kappa shape index (κ3) is 4.27. The maximum Gasteiger partial charge on any atom is 0.257 e. The molecule has 3 rings (SSSR count). The van der Waals surface area contributed by atoms with Gasteiger partial charge in [-0.3, -0.25) is 4.79 Å². The summed E-state index contributed by atoms with van der Waals surface area (Å²) in [6.45, 7) is 6.34. The maximum absolute atomic E-state index is 12.8. The number of amides is 1. The van der Waals surface area contributed by atoms with Gasteiger partial charge >= 0.3 is 0 Å². The van der Waals surface area contributed by atoms with Gasteiger partial charge in [-0.1, -0.05) is 12.1 Å². The number of carbonyl (C=O) groups excluding carboxylic acids is 1. The van der Waals surface area contributed by atoms with Crippen molar-refractivity contribution in [2.75, 3.05) is 23.4 Å². The molecule has 1 unspecified atom stereocenters. The predicted octanol–water partition coefficient (Wildman–Crippen LogP) is 2.49. The van der Waals surface area contributed by atoms with Crippen molar-refractivity contribution in [3.63, 3.8) is 0 Å². The molecule has 1 aromatic heterocycles. The van der Waals surface area contributed by atoms with Crippen LogP contribution in [0.2, 0.25) is 0 Å². The van der Waals surface area contributed by atoms with Crippen LogP contribution in [0.25, 0.3) is 0 Å². The molecule has 2 heterocycles. The molecule has 1 N–H and O–H groups in total. The van der Waals surface area contributed by atoms with Crippen LogP contribution in [0.15, 0.2) is 30.6 Å². The molecule has 0 spiro atoms. The summed E-state index contributed by atoms with van der Waals surface area (Å²) in [5.74, 6) is 0.334. The lowest BCUT2D eigenvalue weighted by atomic mass is 10.1. The van der Waals surface area contributed by atoms with E-state index in [-0.39, 0.29) is 23.5 Å². The number of aromatic nitrogens is 2. The quantitative estimate of drug-likeness (QED) is 0.846. The zero-order valence-corrected chi connectivity index (χ0v) is 16.6. The molecule has 0 radical (unpaired) electrons. The summed E-state index contributed by atoms with van der Waals surface area (Å²) in [4.78, 5) is 22.9. The normalized spacial score (nSPS) is 18.3. The lowest BCUT2D eigenvalue weighted by Crippen LogP contribution is -2.41. The summed E-state index contributed by atoms with van der Waals surface area (Å²) in [5.41, 5.74) is 3.55. The minimum absolute atomic E-state index is 0.0275. The number of sulfone groups is 1. The highest BCUT2D eigenvalue weighted by Gasteiger charge is 2.34. The number of benzene rings is 1. The van der Waals surface area contributed by atoms with E-state index >= 15 is 0 Å². The number of hydrogen-bond donors (Lipinski definition) is 1. The molecule has 7 nitrogen and oxygen atoms in total. The highest BCUT2D eigenvalue weighted by atomic mass is 32.2. The number of carbonyl (C=O) groups is 1. The number of nitrogens with zero attached hydrogens (tertiary/aromatic N) is 3. The lowest BCUT2D eigenvalue weighted by Gasteiger charge is -2.26. The van der Waals surface area contributed by atoms with Crippen molar-refractivity contribution in [1.82, 2.24) is 14.9 Å². The second-order valence-corrected chi connectivity index (χ2v) is 9.04. The molecule has 1 aliphatic heterocycles. The minimum atomic E-state index is -3.05. The molecule has 8 heteroatoms. The van der Waals surface area contributed by atoms with Gasteiger partial charge in [0, 0.05) is 30.7 Å². The highest BCUT2D eigenvalue weighted by molar-refractivity contribution is 7.91. The fourth-order valence-electron chi connectivity index (χ4n) is 3.26. The van der Waals surface area contributed by atoms with Crippen LogP contribution in [-0.4, -0.2) is 53.3 Å². The first-order valence-electron chi connectivity index (χ1n) is 8.97. The van der Waals surface area contributed by atoms with E-state index in [0.29, 0.717) is 24.5 Å². The summed E-state index contributed by atoms with van der Waals surface area (Å²) in [7, 11) is -3.05. The van der Waals surface area contributed by atoms with E-state index in [0.717, 1.165) is 16.8 Å². The average Bonchev–Trinajstić information content (AvgIpc) is 2.99. The second kappa shape index (κ2) is 7.64. The SMILES string of the molecule is CCN(C(=O)c1cnc(Nc2cccc(C)c2C)nc1)C1CCS(=O)(=O)C1. The molecular weight excluding hydrogens is 364 g/mol. The lowest BCUT2D eigenvalue weighted by molar-refractivity contribution is 0.0707. The van der Waals surface area contributed by atoms with Gasteiger partial charge in [0.2, 0.25) is 5.95 Å². The van der Waals surface area contributed by atoms with Crippen molar-refractivity contribution >= 4 is 27.4 Å². The van der Waals surface area contributed by atoms with Gasteiger partial charge < -0.3 is 10.2 Å². The van der Waals surface area contributed by atoms with Crippen LogP contribution in [0.1, 0.15) is 34.8 Å². The molecule has 1 atom stereocenters. The Hall–Kier alpha value is -2.48. The predicted molar refractivity (Wildman–Crippen MR) is 105 cm³/mol. The molecule has 0 saturated carbocycles. The first kappa shape index (κ1) is 19.3. The smallest absolute Gasteiger partial charge is 0.257 e. The molecule has 1 fully saturated rings. The van der Waals surface area contributed by atoms with Gasteiger partial charge in [-0.15, -0.1) is 0 Å². The first-order valence-corrected chi connectivity index (χ1v) is 10.8. The largest absolute Gasteiger partial charge is 0.335 e. The van der Waals surface area contributed by atoms with Crippen LogP contribution in [0.4, 0.5) is 11.6 Å². The van der Waals surface area contributed by atoms with Crippen molar-refractivity contribution in [1.29, 1.82) is 0 Å². The van der Waals surface area contributed by atoms with Crippen LogP contribution in [0.3, 0.4) is 0 Å². The maximum atomic E-state index is 12.8. The van der Waals surface area contributed by atoms with E-state index in [1.54, 1.807) is 4.90 Å². The number of anilines is 2. The van der Waals surface area contributed by atoms with Crippen molar-refractivity contribution in [3.05, 3.63) is 47.3 Å². The Morgan fingerprint density at radius 3 is 2.56 bits per heavy atom. The fourth-order valence-corrected chi connectivity index (χ4v) is 5.00.